The second kappa shape index (κ2) is 9.35. The molecule has 2 rings (SSSR count). The summed E-state index contributed by atoms with van der Waals surface area (Å²) in [5, 5.41) is 0. The molecule has 0 aliphatic carbocycles. The third-order valence-corrected chi connectivity index (χ3v) is 4.13. The predicted molar refractivity (Wildman–Crippen MR) is 88.7 cm³/mol. The summed E-state index contributed by atoms with van der Waals surface area (Å²) in [4.78, 5) is 25.4. The van der Waals surface area contributed by atoms with Crippen LogP contribution in [0.1, 0.15) is 26.2 Å². The summed E-state index contributed by atoms with van der Waals surface area (Å²) in [6.07, 6.45) is 0.420. The summed E-state index contributed by atoms with van der Waals surface area (Å²) in [5.41, 5.74) is 0. The van der Waals surface area contributed by atoms with E-state index in [1.54, 1.807) is 0 Å². The van der Waals surface area contributed by atoms with Crippen LogP contribution in [0.2, 0.25) is 0 Å². The molecule has 2 atom stereocenters. The van der Waals surface area contributed by atoms with Crippen LogP contribution in [0.5, 0.6) is 5.75 Å². The number of unbranched alkanes of at least 4 members (excludes halogenated alkanes) is 1. The zero-order valence-corrected chi connectivity index (χ0v) is 14.9. The Bertz CT molecular complexity index is 620. The van der Waals surface area contributed by atoms with Gasteiger partial charge in [0, 0.05) is 13.0 Å². The summed E-state index contributed by atoms with van der Waals surface area (Å²) >= 11 is 0. The first-order valence-corrected chi connectivity index (χ1v) is 8.56. The van der Waals surface area contributed by atoms with Crippen molar-refractivity contribution < 1.29 is 32.6 Å². The Morgan fingerprint density at radius 2 is 1.92 bits per heavy atom. The van der Waals surface area contributed by atoms with Crippen LogP contribution in [0.3, 0.4) is 0 Å². The van der Waals surface area contributed by atoms with E-state index in [4.69, 9.17) is 14.2 Å². The number of methoxy groups -OCH3 is 1. The molecule has 0 radical (unpaired) electrons. The average molecular weight is 371 g/mol. The largest absolute Gasteiger partial charge is 0.482 e. The van der Waals surface area contributed by atoms with Gasteiger partial charge in [-0.3, -0.25) is 4.79 Å². The second-order valence-corrected chi connectivity index (χ2v) is 6.12. The van der Waals surface area contributed by atoms with Crippen molar-refractivity contribution in [3.63, 3.8) is 0 Å². The normalized spacial score (nSPS) is 19.8. The van der Waals surface area contributed by atoms with Crippen LogP contribution in [0.4, 0.5) is 13.6 Å². The number of ether oxygens (including phenoxy) is 3. The van der Waals surface area contributed by atoms with Crippen molar-refractivity contribution in [2.24, 2.45) is 5.92 Å². The van der Waals surface area contributed by atoms with Gasteiger partial charge in [0.1, 0.15) is 6.10 Å². The van der Waals surface area contributed by atoms with Gasteiger partial charge in [0.25, 0.3) is 0 Å². The number of rotatable bonds is 6. The number of hydrogen-bond acceptors (Lipinski definition) is 5. The van der Waals surface area contributed by atoms with E-state index in [9.17, 15) is 18.4 Å². The van der Waals surface area contributed by atoms with Crippen LogP contribution in [0, 0.1) is 17.6 Å². The lowest BCUT2D eigenvalue weighted by Gasteiger charge is -2.36. The number of hydrogen-bond donors (Lipinski definition) is 0. The minimum absolute atomic E-state index is 0.0617. The van der Waals surface area contributed by atoms with Gasteiger partial charge in [-0.2, -0.15) is 0 Å². The topological polar surface area (TPSA) is 65.1 Å². The molecule has 0 N–H and O–H groups in total. The van der Waals surface area contributed by atoms with E-state index in [1.807, 2.05) is 6.92 Å². The highest BCUT2D eigenvalue weighted by Gasteiger charge is 2.37. The fraction of sp³-hybridized carbons (Fsp3) is 0.556. The molecule has 144 valence electrons. The predicted octanol–water partition coefficient (Wildman–Crippen LogP) is 3.14. The minimum Gasteiger partial charge on any atom is -0.482 e. The molecule has 1 amide bonds. The molecule has 6 nitrogen and oxygen atoms in total. The van der Waals surface area contributed by atoms with Crippen LogP contribution < -0.4 is 4.74 Å². The quantitative estimate of drug-likeness (QED) is 0.568. The molecule has 1 aliphatic heterocycles. The van der Waals surface area contributed by atoms with E-state index in [1.165, 1.54) is 18.1 Å². The van der Waals surface area contributed by atoms with Crippen molar-refractivity contribution in [3.05, 3.63) is 29.8 Å². The molecule has 1 heterocycles. The molecule has 1 aromatic rings. The van der Waals surface area contributed by atoms with Crippen molar-refractivity contribution in [1.29, 1.82) is 0 Å². The summed E-state index contributed by atoms with van der Waals surface area (Å²) < 4.78 is 43.0. The van der Waals surface area contributed by atoms with Gasteiger partial charge >= 0.3 is 12.1 Å². The zero-order valence-electron chi connectivity index (χ0n) is 14.9. The van der Waals surface area contributed by atoms with Gasteiger partial charge in [-0.25, -0.2) is 13.6 Å². The molecule has 0 aromatic heterocycles. The molecule has 26 heavy (non-hydrogen) atoms. The molecule has 2 unspecified atom stereocenters. The Kier molecular flexibility index (Phi) is 7.17. The second-order valence-electron chi connectivity index (χ2n) is 6.12. The SMILES string of the molecule is CCCCOC(=O)N1CC(Oc2c(F)cccc2F)CC(C(=O)OC)C1. The number of esters is 1. The Morgan fingerprint density at radius 1 is 1.23 bits per heavy atom. The molecule has 1 fully saturated rings. The first-order chi connectivity index (χ1) is 12.5. The molecule has 8 heteroatoms. The fourth-order valence-electron chi connectivity index (χ4n) is 2.78. The first kappa shape index (κ1) is 19.9. The number of piperidine rings is 1. The average Bonchev–Trinajstić information content (AvgIpc) is 2.64. The van der Waals surface area contributed by atoms with Crippen LogP contribution in [0.25, 0.3) is 0 Å². The number of halogens is 2. The maximum absolute atomic E-state index is 13.8. The third kappa shape index (κ3) is 5.06. The molecular weight excluding hydrogens is 348 g/mol. The third-order valence-electron chi connectivity index (χ3n) is 4.13. The molecule has 0 saturated carbocycles. The maximum atomic E-state index is 13.8. The number of amides is 1. The standard InChI is InChI=1S/C18H23F2NO5/c1-3-4-8-25-18(23)21-10-12(17(22)24-2)9-13(11-21)26-16-14(19)6-5-7-15(16)20/h5-7,12-13H,3-4,8-11H2,1-2H3. The van der Waals surface area contributed by atoms with E-state index in [0.29, 0.717) is 0 Å². The smallest absolute Gasteiger partial charge is 0.409 e. The van der Waals surface area contributed by atoms with Crippen LogP contribution in [0.15, 0.2) is 18.2 Å². The number of benzene rings is 1. The Labute approximate surface area is 151 Å². The summed E-state index contributed by atoms with van der Waals surface area (Å²) in [6, 6.07) is 3.39. The molecule has 1 saturated heterocycles. The lowest BCUT2D eigenvalue weighted by molar-refractivity contribution is -0.148. The Morgan fingerprint density at radius 3 is 2.54 bits per heavy atom. The number of carbonyl (C=O) groups is 2. The van der Waals surface area contributed by atoms with Crippen molar-refractivity contribution >= 4 is 12.1 Å². The van der Waals surface area contributed by atoms with Gasteiger partial charge in [0.2, 0.25) is 0 Å². The van der Waals surface area contributed by atoms with Crippen LogP contribution in [-0.4, -0.2) is 49.9 Å². The zero-order chi connectivity index (χ0) is 19.1. The summed E-state index contributed by atoms with van der Waals surface area (Å²) in [7, 11) is 1.24. The van der Waals surface area contributed by atoms with Gasteiger partial charge in [0.15, 0.2) is 17.4 Å². The van der Waals surface area contributed by atoms with Gasteiger partial charge in [-0.05, 0) is 18.6 Å². The summed E-state index contributed by atoms with van der Waals surface area (Å²) in [5.74, 6) is -3.39. The van der Waals surface area contributed by atoms with Crippen molar-refractivity contribution in [1.82, 2.24) is 4.90 Å². The van der Waals surface area contributed by atoms with Crippen molar-refractivity contribution in [2.75, 3.05) is 26.8 Å². The molecule has 1 aromatic carbocycles. The van der Waals surface area contributed by atoms with Gasteiger partial charge in [-0.15, -0.1) is 0 Å². The highest BCUT2D eigenvalue weighted by atomic mass is 19.1. The summed E-state index contributed by atoms with van der Waals surface area (Å²) in [6.45, 7) is 2.40. The number of nitrogens with zero attached hydrogens (tertiary/aromatic N) is 1. The van der Waals surface area contributed by atoms with E-state index in [2.05, 4.69) is 0 Å². The number of likely N-dealkylation sites (tertiary alicyclic amines) is 1. The van der Waals surface area contributed by atoms with E-state index in [0.717, 1.165) is 25.0 Å². The molecule has 0 spiro atoms. The van der Waals surface area contributed by atoms with Gasteiger partial charge < -0.3 is 19.1 Å². The Balaban J connectivity index is 2.11. The highest BCUT2D eigenvalue weighted by Crippen LogP contribution is 2.27. The fourth-order valence-corrected chi connectivity index (χ4v) is 2.78. The van der Waals surface area contributed by atoms with Crippen LogP contribution in [-0.2, 0) is 14.3 Å². The van der Waals surface area contributed by atoms with Crippen LogP contribution >= 0.6 is 0 Å². The van der Waals surface area contributed by atoms with Gasteiger partial charge in [0.05, 0.1) is 26.2 Å². The highest BCUT2D eigenvalue weighted by molar-refractivity contribution is 5.75. The number of carbonyl (C=O) groups excluding carboxylic acids is 2. The lowest BCUT2D eigenvalue weighted by atomic mass is 9.96. The van der Waals surface area contributed by atoms with Gasteiger partial charge in [-0.1, -0.05) is 19.4 Å². The monoisotopic (exact) mass is 371 g/mol. The molecule has 1 aliphatic rings. The molecular formula is C18H23F2NO5. The minimum atomic E-state index is -0.845. The van der Waals surface area contributed by atoms with E-state index < -0.39 is 41.5 Å². The molecule has 0 bridgehead atoms. The maximum Gasteiger partial charge on any atom is 0.409 e. The van der Waals surface area contributed by atoms with E-state index >= 15 is 0 Å². The lowest BCUT2D eigenvalue weighted by Crippen LogP contribution is -2.50. The van der Waals surface area contributed by atoms with Crippen molar-refractivity contribution in [2.45, 2.75) is 32.3 Å². The number of para-hydroxylation sites is 1. The Hall–Kier alpha value is -2.38. The van der Waals surface area contributed by atoms with Crippen molar-refractivity contribution in [3.8, 4) is 5.75 Å². The first-order valence-electron chi connectivity index (χ1n) is 8.56. The van der Waals surface area contributed by atoms with E-state index in [-0.39, 0.29) is 26.1 Å².